The van der Waals surface area contributed by atoms with Gasteiger partial charge in [-0.2, -0.15) is 5.10 Å². The summed E-state index contributed by atoms with van der Waals surface area (Å²) in [6.45, 7) is 0. The van der Waals surface area contributed by atoms with Gasteiger partial charge in [0, 0.05) is 22.8 Å². The lowest BCUT2D eigenvalue weighted by molar-refractivity contribution is -0.115. The second kappa shape index (κ2) is 6.74. The Labute approximate surface area is 147 Å². The van der Waals surface area contributed by atoms with Gasteiger partial charge in [0.15, 0.2) is 10.8 Å². The van der Waals surface area contributed by atoms with Crippen molar-refractivity contribution < 1.29 is 9.21 Å². The van der Waals surface area contributed by atoms with Crippen LogP contribution in [0.15, 0.2) is 64.7 Å². The number of hydrogen-bond acceptors (Lipinski definition) is 5. The molecule has 4 rings (SSSR count). The molecule has 0 aliphatic carbocycles. The summed E-state index contributed by atoms with van der Waals surface area (Å²) in [4.78, 5) is 16.7. The van der Waals surface area contributed by atoms with Gasteiger partial charge in [-0.3, -0.25) is 9.89 Å². The summed E-state index contributed by atoms with van der Waals surface area (Å²) < 4.78 is 5.32. The number of amides is 1. The first-order valence-electron chi connectivity index (χ1n) is 7.66. The van der Waals surface area contributed by atoms with Gasteiger partial charge in [-0.1, -0.05) is 12.1 Å². The topological polar surface area (TPSA) is 83.8 Å². The van der Waals surface area contributed by atoms with Crippen molar-refractivity contribution in [1.82, 2.24) is 15.2 Å². The predicted octanol–water partition coefficient (Wildman–Crippen LogP) is 3.97. The maximum Gasteiger partial charge on any atom is 0.230 e. The molecule has 25 heavy (non-hydrogen) atoms. The van der Waals surface area contributed by atoms with Gasteiger partial charge in [0.05, 0.1) is 24.1 Å². The molecule has 0 bridgehead atoms. The van der Waals surface area contributed by atoms with E-state index in [9.17, 15) is 4.79 Å². The van der Waals surface area contributed by atoms with Crippen LogP contribution in [0.3, 0.4) is 0 Å². The van der Waals surface area contributed by atoms with Crippen molar-refractivity contribution in [3.63, 3.8) is 0 Å². The predicted molar refractivity (Wildman–Crippen MR) is 96.2 cm³/mol. The molecule has 3 aromatic heterocycles. The van der Waals surface area contributed by atoms with Crippen LogP contribution < -0.4 is 5.32 Å². The fourth-order valence-electron chi connectivity index (χ4n) is 2.45. The van der Waals surface area contributed by atoms with Crippen molar-refractivity contribution in [1.29, 1.82) is 0 Å². The average Bonchev–Trinajstić information content (AvgIpc) is 3.37. The molecule has 0 unspecified atom stereocenters. The van der Waals surface area contributed by atoms with E-state index in [0.717, 1.165) is 27.6 Å². The monoisotopic (exact) mass is 350 g/mol. The number of hydrogen-bond donors (Lipinski definition) is 2. The third-order valence-corrected chi connectivity index (χ3v) is 4.49. The molecule has 1 aromatic carbocycles. The van der Waals surface area contributed by atoms with E-state index < -0.39 is 0 Å². The van der Waals surface area contributed by atoms with E-state index in [2.05, 4.69) is 20.5 Å². The first-order valence-corrected chi connectivity index (χ1v) is 8.54. The van der Waals surface area contributed by atoms with Gasteiger partial charge in [-0.05, 0) is 30.3 Å². The highest BCUT2D eigenvalue weighted by atomic mass is 32.1. The number of anilines is 1. The summed E-state index contributed by atoms with van der Waals surface area (Å²) in [5.74, 6) is 0.599. The number of thiazole rings is 1. The van der Waals surface area contributed by atoms with E-state index in [1.54, 1.807) is 12.5 Å². The number of nitrogens with zero attached hydrogens (tertiary/aromatic N) is 2. The van der Waals surface area contributed by atoms with Gasteiger partial charge in [0.2, 0.25) is 5.91 Å². The number of aromatic nitrogens is 3. The van der Waals surface area contributed by atoms with E-state index in [1.165, 1.54) is 11.3 Å². The molecule has 3 heterocycles. The van der Waals surface area contributed by atoms with E-state index in [4.69, 9.17) is 4.42 Å². The zero-order chi connectivity index (χ0) is 17.1. The Hall–Kier alpha value is -3.19. The van der Waals surface area contributed by atoms with Crippen molar-refractivity contribution in [2.75, 3.05) is 5.32 Å². The fourth-order valence-corrected chi connectivity index (χ4v) is 3.24. The Kier molecular flexibility index (Phi) is 4.14. The van der Waals surface area contributed by atoms with Crippen LogP contribution in [0.1, 0.15) is 5.69 Å². The van der Waals surface area contributed by atoms with Gasteiger partial charge in [0.25, 0.3) is 0 Å². The molecule has 0 radical (unpaired) electrons. The second-order valence-corrected chi connectivity index (χ2v) is 6.26. The standard InChI is InChI=1S/C18H14N4O2S/c23-17(10-14-11-25-18(21-14)16-5-2-8-24-16)20-13-4-1-3-12(9-13)15-6-7-19-22-15/h1-9,11H,10H2,(H,19,22)(H,20,23). The zero-order valence-electron chi connectivity index (χ0n) is 13.1. The second-order valence-electron chi connectivity index (χ2n) is 5.40. The van der Waals surface area contributed by atoms with Gasteiger partial charge >= 0.3 is 0 Å². The molecule has 124 valence electrons. The number of aromatic amines is 1. The number of furan rings is 1. The molecule has 0 saturated carbocycles. The number of H-pyrrole nitrogens is 1. The average molecular weight is 350 g/mol. The van der Waals surface area contributed by atoms with Gasteiger partial charge in [0.1, 0.15) is 0 Å². The summed E-state index contributed by atoms with van der Waals surface area (Å²) in [5, 5.41) is 12.4. The minimum Gasteiger partial charge on any atom is -0.462 e. The zero-order valence-corrected chi connectivity index (χ0v) is 13.9. The fraction of sp³-hybridized carbons (Fsp3) is 0.0556. The molecule has 2 N–H and O–H groups in total. The molecular weight excluding hydrogens is 336 g/mol. The van der Waals surface area contributed by atoms with Crippen LogP contribution in [0, 0.1) is 0 Å². The van der Waals surface area contributed by atoms with Crippen molar-refractivity contribution in [3.05, 3.63) is 66.0 Å². The molecule has 6 nitrogen and oxygen atoms in total. The van der Waals surface area contributed by atoms with Crippen LogP contribution >= 0.6 is 11.3 Å². The maximum absolute atomic E-state index is 12.3. The van der Waals surface area contributed by atoms with Crippen molar-refractivity contribution in [2.45, 2.75) is 6.42 Å². The van der Waals surface area contributed by atoms with E-state index >= 15 is 0 Å². The van der Waals surface area contributed by atoms with E-state index in [1.807, 2.05) is 47.8 Å². The number of rotatable bonds is 5. The number of carbonyl (C=O) groups is 1. The molecular formula is C18H14N4O2S. The summed E-state index contributed by atoms with van der Waals surface area (Å²) in [6, 6.07) is 13.2. The third-order valence-electron chi connectivity index (χ3n) is 3.58. The summed E-state index contributed by atoms with van der Waals surface area (Å²) in [6.07, 6.45) is 3.51. The summed E-state index contributed by atoms with van der Waals surface area (Å²) in [5.41, 5.74) is 3.32. The molecule has 0 fully saturated rings. The Bertz CT molecular complexity index is 974. The van der Waals surface area contributed by atoms with Crippen LogP contribution in [0.4, 0.5) is 5.69 Å². The summed E-state index contributed by atoms with van der Waals surface area (Å²) in [7, 11) is 0. The maximum atomic E-state index is 12.3. The third kappa shape index (κ3) is 3.51. The minimum absolute atomic E-state index is 0.113. The van der Waals surface area contributed by atoms with Crippen LogP contribution in [0.25, 0.3) is 22.0 Å². The Morgan fingerprint density at radius 2 is 2.20 bits per heavy atom. The molecule has 0 saturated heterocycles. The molecule has 0 atom stereocenters. The lowest BCUT2D eigenvalue weighted by Gasteiger charge is -2.06. The van der Waals surface area contributed by atoms with E-state index in [-0.39, 0.29) is 12.3 Å². The number of benzene rings is 1. The van der Waals surface area contributed by atoms with Crippen molar-refractivity contribution in [2.24, 2.45) is 0 Å². The van der Waals surface area contributed by atoms with Crippen LogP contribution in [0.2, 0.25) is 0 Å². The SMILES string of the molecule is O=C(Cc1csc(-c2ccco2)n1)Nc1cccc(-c2ccn[nH]2)c1. The van der Waals surface area contributed by atoms with Crippen LogP contribution in [-0.4, -0.2) is 21.1 Å². The first kappa shape index (κ1) is 15.3. The van der Waals surface area contributed by atoms with Gasteiger partial charge in [-0.15, -0.1) is 11.3 Å². The number of carbonyl (C=O) groups excluding carboxylic acids is 1. The first-order chi connectivity index (χ1) is 12.3. The Balaban J connectivity index is 1.43. The molecule has 0 aliphatic heterocycles. The molecule has 1 amide bonds. The molecule has 0 aliphatic rings. The van der Waals surface area contributed by atoms with Crippen LogP contribution in [-0.2, 0) is 11.2 Å². The lowest BCUT2D eigenvalue weighted by atomic mass is 10.1. The highest BCUT2D eigenvalue weighted by Gasteiger charge is 2.11. The molecule has 7 heteroatoms. The number of nitrogens with one attached hydrogen (secondary N) is 2. The smallest absolute Gasteiger partial charge is 0.230 e. The van der Waals surface area contributed by atoms with Gasteiger partial charge < -0.3 is 9.73 Å². The van der Waals surface area contributed by atoms with Crippen molar-refractivity contribution >= 4 is 22.9 Å². The Morgan fingerprint density at radius 1 is 1.24 bits per heavy atom. The minimum atomic E-state index is -0.113. The largest absolute Gasteiger partial charge is 0.462 e. The summed E-state index contributed by atoms with van der Waals surface area (Å²) >= 11 is 1.46. The lowest BCUT2D eigenvalue weighted by Crippen LogP contribution is -2.14. The molecule has 4 aromatic rings. The quantitative estimate of drug-likeness (QED) is 0.570. The Morgan fingerprint density at radius 3 is 3.00 bits per heavy atom. The normalized spacial score (nSPS) is 10.7. The molecule has 0 spiro atoms. The highest BCUT2D eigenvalue weighted by Crippen LogP contribution is 2.24. The van der Waals surface area contributed by atoms with E-state index in [0.29, 0.717) is 5.76 Å². The van der Waals surface area contributed by atoms with Crippen molar-refractivity contribution in [3.8, 4) is 22.0 Å². The van der Waals surface area contributed by atoms with Crippen LogP contribution in [0.5, 0.6) is 0 Å². The highest BCUT2D eigenvalue weighted by molar-refractivity contribution is 7.13. The van der Waals surface area contributed by atoms with Gasteiger partial charge in [-0.25, -0.2) is 4.98 Å².